The molecule has 13 heavy (non-hydrogen) atoms. The minimum absolute atomic E-state index is 0.538. The first-order chi connectivity index (χ1) is 6.22. The molecule has 1 heterocycles. The lowest BCUT2D eigenvalue weighted by Gasteiger charge is -2.04. The summed E-state index contributed by atoms with van der Waals surface area (Å²) in [7, 11) is 0. The van der Waals surface area contributed by atoms with Crippen LogP contribution >= 0.6 is 23.8 Å². The Kier molecular flexibility index (Phi) is 3.78. The molecule has 2 N–H and O–H groups in total. The molecule has 0 spiro atoms. The minimum Gasteiger partial charge on any atom is -0.359 e. The van der Waals surface area contributed by atoms with Crippen LogP contribution in [0.2, 0.25) is 0 Å². The zero-order chi connectivity index (χ0) is 9.68. The molecule has 6 heteroatoms. The number of nitrogens with zero attached hydrogens (tertiary/aromatic N) is 2. The van der Waals surface area contributed by atoms with Gasteiger partial charge in [-0.05, 0) is 19.1 Å². The smallest absolute Gasteiger partial charge is 0.208 e. The van der Waals surface area contributed by atoms with Crippen molar-refractivity contribution in [1.29, 1.82) is 0 Å². The Bertz CT molecular complexity index is 307. The van der Waals surface area contributed by atoms with E-state index >= 15 is 0 Å². The highest BCUT2D eigenvalue weighted by molar-refractivity contribution is 7.80. The third kappa shape index (κ3) is 3.47. The molecule has 70 valence electrons. The van der Waals surface area contributed by atoms with E-state index in [0.29, 0.717) is 16.8 Å². The van der Waals surface area contributed by atoms with Gasteiger partial charge in [0.05, 0.1) is 0 Å². The Morgan fingerprint density at radius 2 is 2.54 bits per heavy atom. The molecule has 0 saturated carbocycles. The van der Waals surface area contributed by atoms with E-state index in [-0.39, 0.29) is 0 Å². The summed E-state index contributed by atoms with van der Waals surface area (Å²) >= 11 is 6.27. The van der Waals surface area contributed by atoms with Crippen molar-refractivity contribution in [2.75, 3.05) is 11.9 Å². The standard InChI is InChI=1S/C7H10N4S2/c1-3-4-8-6(12)10-7-9-5(2)11-13-7/h3H,1,4H2,2H3,(H2,8,9,10,11,12). The van der Waals surface area contributed by atoms with Crippen LogP contribution in [0.4, 0.5) is 5.13 Å². The summed E-state index contributed by atoms with van der Waals surface area (Å²) in [6.07, 6.45) is 1.74. The summed E-state index contributed by atoms with van der Waals surface area (Å²) in [5, 5.41) is 7.09. The zero-order valence-electron chi connectivity index (χ0n) is 7.20. The van der Waals surface area contributed by atoms with Crippen molar-refractivity contribution in [3.63, 3.8) is 0 Å². The topological polar surface area (TPSA) is 49.8 Å². The lowest BCUT2D eigenvalue weighted by atomic mass is 10.6. The Morgan fingerprint density at radius 1 is 1.77 bits per heavy atom. The Morgan fingerprint density at radius 3 is 3.08 bits per heavy atom. The molecule has 0 amide bonds. The number of hydrogen-bond acceptors (Lipinski definition) is 4. The molecule has 4 nitrogen and oxygen atoms in total. The van der Waals surface area contributed by atoms with Crippen molar-refractivity contribution < 1.29 is 0 Å². The van der Waals surface area contributed by atoms with E-state index in [1.54, 1.807) is 6.08 Å². The SMILES string of the molecule is C=CCNC(=S)Nc1nc(C)ns1. The van der Waals surface area contributed by atoms with Crippen molar-refractivity contribution in [3.8, 4) is 0 Å². The fraction of sp³-hybridized carbons (Fsp3) is 0.286. The summed E-state index contributed by atoms with van der Waals surface area (Å²) in [6.45, 7) is 6.05. The first kappa shape index (κ1) is 10.1. The first-order valence-corrected chi connectivity index (χ1v) is 4.86. The fourth-order valence-electron chi connectivity index (χ4n) is 0.654. The fourth-order valence-corrected chi connectivity index (χ4v) is 1.48. The van der Waals surface area contributed by atoms with Gasteiger partial charge in [0.2, 0.25) is 5.13 Å². The van der Waals surface area contributed by atoms with Crippen LogP contribution in [0.1, 0.15) is 5.82 Å². The average molecular weight is 214 g/mol. The molecule has 0 fully saturated rings. The van der Waals surface area contributed by atoms with E-state index in [1.165, 1.54) is 11.5 Å². The molecule has 0 aliphatic rings. The largest absolute Gasteiger partial charge is 0.359 e. The van der Waals surface area contributed by atoms with Gasteiger partial charge in [0.15, 0.2) is 5.11 Å². The van der Waals surface area contributed by atoms with E-state index in [0.717, 1.165) is 5.82 Å². The second-order valence-corrected chi connectivity index (χ2v) is 3.43. The van der Waals surface area contributed by atoms with E-state index in [4.69, 9.17) is 12.2 Å². The summed E-state index contributed by atoms with van der Waals surface area (Å²) in [5.41, 5.74) is 0. The number of thiocarbonyl (C=S) groups is 1. The number of aryl methyl sites for hydroxylation is 1. The van der Waals surface area contributed by atoms with Gasteiger partial charge >= 0.3 is 0 Å². The van der Waals surface area contributed by atoms with Crippen LogP contribution in [0.5, 0.6) is 0 Å². The number of anilines is 1. The molecule has 0 aromatic carbocycles. The van der Waals surface area contributed by atoms with Crippen molar-refractivity contribution in [1.82, 2.24) is 14.7 Å². The summed E-state index contributed by atoms with van der Waals surface area (Å²) in [5.74, 6) is 0.749. The molecule has 0 radical (unpaired) electrons. The molecule has 1 aromatic heterocycles. The zero-order valence-corrected chi connectivity index (χ0v) is 8.84. The van der Waals surface area contributed by atoms with Crippen molar-refractivity contribution >= 4 is 34.0 Å². The molecule has 0 aliphatic heterocycles. The minimum atomic E-state index is 0.538. The van der Waals surface area contributed by atoms with Crippen LogP contribution in [0.15, 0.2) is 12.7 Å². The van der Waals surface area contributed by atoms with Gasteiger partial charge in [0.1, 0.15) is 5.82 Å². The van der Waals surface area contributed by atoms with Crippen LogP contribution in [0.3, 0.4) is 0 Å². The number of hydrogen-bond donors (Lipinski definition) is 2. The van der Waals surface area contributed by atoms with Gasteiger partial charge in [-0.1, -0.05) is 6.08 Å². The highest BCUT2D eigenvalue weighted by Gasteiger charge is 2.00. The van der Waals surface area contributed by atoms with Gasteiger partial charge in [0, 0.05) is 18.1 Å². The maximum Gasteiger partial charge on any atom is 0.208 e. The van der Waals surface area contributed by atoms with Crippen molar-refractivity contribution in [2.24, 2.45) is 0 Å². The van der Waals surface area contributed by atoms with Crippen molar-refractivity contribution in [2.45, 2.75) is 6.92 Å². The van der Waals surface area contributed by atoms with Crippen LogP contribution in [-0.4, -0.2) is 21.0 Å². The number of nitrogens with one attached hydrogen (secondary N) is 2. The molecule has 0 saturated heterocycles. The molecule has 0 atom stereocenters. The highest BCUT2D eigenvalue weighted by atomic mass is 32.1. The van der Waals surface area contributed by atoms with Gasteiger partial charge in [-0.3, -0.25) is 0 Å². The van der Waals surface area contributed by atoms with E-state index in [9.17, 15) is 0 Å². The molecule has 0 bridgehead atoms. The van der Waals surface area contributed by atoms with E-state index in [1.807, 2.05) is 6.92 Å². The predicted molar refractivity (Wildman–Crippen MR) is 59.1 cm³/mol. The third-order valence-electron chi connectivity index (χ3n) is 1.15. The van der Waals surface area contributed by atoms with Crippen LogP contribution in [-0.2, 0) is 0 Å². The van der Waals surface area contributed by atoms with Gasteiger partial charge in [-0.15, -0.1) is 6.58 Å². The first-order valence-electron chi connectivity index (χ1n) is 3.68. The molecule has 0 unspecified atom stereocenters. The lowest BCUT2D eigenvalue weighted by Crippen LogP contribution is -2.28. The van der Waals surface area contributed by atoms with Crippen LogP contribution in [0, 0.1) is 6.92 Å². The molecule has 1 rings (SSSR count). The predicted octanol–water partition coefficient (Wildman–Crippen LogP) is 1.32. The van der Waals surface area contributed by atoms with Gasteiger partial charge in [-0.2, -0.15) is 4.37 Å². The highest BCUT2D eigenvalue weighted by Crippen LogP contribution is 2.09. The number of aromatic nitrogens is 2. The van der Waals surface area contributed by atoms with Crippen molar-refractivity contribution in [3.05, 3.63) is 18.5 Å². The Hall–Kier alpha value is -1.01. The van der Waals surface area contributed by atoms with E-state index < -0.39 is 0 Å². The third-order valence-corrected chi connectivity index (χ3v) is 2.12. The number of rotatable bonds is 3. The summed E-state index contributed by atoms with van der Waals surface area (Å²) in [6, 6.07) is 0. The lowest BCUT2D eigenvalue weighted by molar-refractivity contribution is 1.06. The second kappa shape index (κ2) is 4.88. The van der Waals surface area contributed by atoms with Gasteiger partial charge in [0.25, 0.3) is 0 Å². The van der Waals surface area contributed by atoms with Crippen LogP contribution < -0.4 is 10.6 Å². The van der Waals surface area contributed by atoms with E-state index in [2.05, 4.69) is 26.6 Å². The Labute approximate surface area is 86.2 Å². The Balaban J connectivity index is 2.40. The molecule has 0 aliphatic carbocycles. The average Bonchev–Trinajstić information content (AvgIpc) is 2.48. The maximum absolute atomic E-state index is 4.98. The summed E-state index contributed by atoms with van der Waals surface area (Å²) < 4.78 is 4.01. The maximum atomic E-state index is 4.98. The second-order valence-electron chi connectivity index (χ2n) is 2.27. The van der Waals surface area contributed by atoms with Crippen LogP contribution in [0.25, 0.3) is 0 Å². The van der Waals surface area contributed by atoms with Gasteiger partial charge < -0.3 is 10.6 Å². The quantitative estimate of drug-likeness (QED) is 0.587. The molecular weight excluding hydrogens is 204 g/mol. The monoisotopic (exact) mass is 214 g/mol. The summed E-state index contributed by atoms with van der Waals surface area (Å²) in [4.78, 5) is 4.10. The molecular formula is C7H10N4S2. The normalized spacial score (nSPS) is 9.31. The van der Waals surface area contributed by atoms with Gasteiger partial charge in [-0.25, -0.2) is 4.98 Å². The molecule has 1 aromatic rings.